The predicted molar refractivity (Wildman–Crippen MR) is 138 cm³/mol. The number of hydrogen-bond donors (Lipinski definition) is 2. The highest BCUT2D eigenvalue weighted by molar-refractivity contribution is 5.99. The Morgan fingerprint density at radius 1 is 1.15 bits per heavy atom. The molecule has 1 fully saturated rings. The van der Waals surface area contributed by atoms with Crippen LogP contribution in [0.25, 0.3) is 0 Å². The second-order valence-corrected chi connectivity index (χ2v) is 10.5. The van der Waals surface area contributed by atoms with Crippen LogP contribution in [0.15, 0.2) is 53.5 Å². The van der Waals surface area contributed by atoms with Gasteiger partial charge < -0.3 is 24.6 Å². The summed E-state index contributed by atoms with van der Waals surface area (Å²) in [6, 6.07) is 8.96. The van der Waals surface area contributed by atoms with E-state index in [0.717, 1.165) is 0 Å². The molecule has 5 rings (SSSR count). The Labute approximate surface area is 228 Å². The molecule has 210 valence electrons. The number of pyridine rings is 1. The molecule has 2 amide bonds. The molecule has 2 bridgehead atoms. The molecule has 0 aliphatic carbocycles. The summed E-state index contributed by atoms with van der Waals surface area (Å²) in [5, 5.41) is 13.7. The minimum Gasteiger partial charge on any atom is -0.483 e. The molecule has 2 aliphatic rings. The molecule has 2 N–H and O–H groups in total. The minimum atomic E-state index is -1.29. The Bertz CT molecular complexity index is 1520. The van der Waals surface area contributed by atoms with Crippen LogP contribution in [-0.2, 0) is 13.2 Å². The van der Waals surface area contributed by atoms with Crippen molar-refractivity contribution in [3.05, 3.63) is 98.7 Å². The highest BCUT2D eigenvalue weighted by Crippen LogP contribution is 2.40. The van der Waals surface area contributed by atoms with Gasteiger partial charge in [-0.05, 0) is 32.3 Å². The summed E-state index contributed by atoms with van der Waals surface area (Å²) in [6.07, 6.45) is 2.07. The molecule has 3 heterocycles. The Morgan fingerprint density at radius 3 is 2.50 bits per heavy atom. The van der Waals surface area contributed by atoms with Gasteiger partial charge in [-0.3, -0.25) is 14.4 Å². The molecule has 11 heteroatoms. The number of carbonyl (C=O) groups is 2. The van der Waals surface area contributed by atoms with Crippen LogP contribution < -0.4 is 15.5 Å². The number of aliphatic hydroxyl groups is 1. The van der Waals surface area contributed by atoms with Crippen molar-refractivity contribution in [2.45, 2.75) is 57.5 Å². The summed E-state index contributed by atoms with van der Waals surface area (Å²) in [5.74, 6) is -5.31. The minimum absolute atomic E-state index is 0.0793. The largest absolute Gasteiger partial charge is 0.483 e. The molecule has 1 saturated heterocycles. The number of hydrogen-bond acceptors (Lipinski definition) is 5. The lowest BCUT2D eigenvalue weighted by Crippen LogP contribution is -2.51. The van der Waals surface area contributed by atoms with E-state index in [9.17, 15) is 32.7 Å². The number of nitrogens with zero attached hydrogens (tertiary/aromatic N) is 2. The van der Waals surface area contributed by atoms with E-state index in [1.165, 1.54) is 10.8 Å². The van der Waals surface area contributed by atoms with E-state index in [1.807, 2.05) is 13.0 Å². The van der Waals surface area contributed by atoms with Gasteiger partial charge >= 0.3 is 0 Å². The van der Waals surface area contributed by atoms with Gasteiger partial charge in [0.25, 0.3) is 11.8 Å². The van der Waals surface area contributed by atoms with Crippen LogP contribution >= 0.6 is 0 Å². The highest BCUT2D eigenvalue weighted by Gasteiger charge is 2.47. The van der Waals surface area contributed by atoms with Crippen LogP contribution in [0.1, 0.15) is 64.7 Å². The molecular weight excluding hydrogens is 527 g/mol. The Hall–Kier alpha value is -4.12. The summed E-state index contributed by atoms with van der Waals surface area (Å²) in [7, 11) is 0. The van der Waals surface area contributed by atoms with Gasteiger partial charge in [0.1, 0.15) is 29.6 Å². The third kappa shape index (κ3) is 4.97. The van der Waals surface area contributed by atoms with Crippen LogP contribution in [0.3, 0.4) is 0 Å². The van der Waals surface area contributed by atoms with Crippen LogP contribution in [0.2, 0.25) is 0 Å². The number of nitrogens with one attached hydrogen (secondary N) is 1. The smallest absolute Gasteiger partial charge is 0.274 e. The average molecular weight is 556 g/mol. The maximum absolute atomic E-state index is 14.1. The average Bonchev–Trinajstić information content (AvgIpc) is 3.01. The van der Waals surface area contributed by atoms with E-state index in [0.29, 0.717) is 30.5 Å². The molecule has 2 aromatic carbocycles. The molecule has 40 heavy (non-hydrogen) atoms. The molecule has 0 unspecified atom stereocenters. The number of halogens is 3. The monoisotopic (exact) mass is 555 g/mol. The van der Waals surface area contributed by atoms with E-state index >= 15 is 0 Å². The van der Waals surface area contributed by atoms with Crippen molar-refractivity contribution in [1.82, 2.24) is 14.8 Å². The zero-order valence-electron chi connectivity index (χ0n) is 21.9. The Balaban J connectivity index is 1.59. The number of amides is 2. The van der Waals surface area contributed by atoms with Crippen molar-refractivity contribution in [2.75, 3.05) is 6.54 Å². The van der Waals surface area contributed by atoms with E-state index in [-0.39, 0.29) is 30.6 Å². The van der Waals surface area contributed by atoms with Crippen LogP contribution in [-0.4, -0.2) is 44.6 Å². The lowest BCUT2D eigenvalue weighted by atomic mass is 9.90. The normalized spacial score (nSPS) is 21.9. The number of benzene rings is 2. The topological polar surface area (TPSA) is 101 Å². The molecule has 2 aliphatic heterocycles. The lowest BCUT2D eigenvalue weighted by Gasteiger charge is -2.41. The van der Waals surface area contributed by atoms with E-state index in [2.05, 4.69) is 5.32 Å². The van der Waals surface area contributed by atoms with Gasteiger partial charge in [0, 0.05) is 43.0 Å². The van der Waals surface area contributed by atoms with Gasteiger partial charge in [0.2, 0.25) is 5.43 Å². The quantitative estimate of drug-likeness (QED) is 0.483. The molecule has 8 nitrogen and oxygen atoms in total. The summed E-state index contributed by atoms with van der Waals surface area (Å²) < 4.78 is 48.9. The molecule has 1 aromatic heterocycles. The Kier molecular flexibility index (Phi) is 7.17. The van der Waals surface area contributed by atoms with Crippen molar-refractivity contribution in [1.29, 1.82) is 0 Å². The van der Waals surface area contributed by atoms with Gasteiger partial charge in [0.05, 0.1) is 11.6 Å². The second kappa shape index (κ2) is 10.5. The van der Waals surface area contributed by atoms with E-state index < -0.39 is 64.0 Å². The van der Waals surface area contributed by atoms with Crippen molar-refractivity contribution in [2.24, 2.45) is 0 Å². The van der Waals surface area contributed by atoms with Crippen molar-refractivity contribution >= 4 is 11.8 Å². The summed E-state index contributed by atoms with van der Waals surface area (Å²) >= 11 is 0. The number of rotatable bonds is 6. The first kappa shape index (κ1) is 27.4. The highest BCUT2D eigenvalue weighted by atomic mass is 19.1. The maximum Gasteiger partial charge on any atom is 0.274 e. The standard InChI is InChI=1S/C29H28F3N3O5/c1-16-8-9-29(2,39)23-14-34(16)28(38)24-26(40-15-17-6-4-3-5-7-17)25(36)20(13-35(23)24)27(37)33-12-19-21(31)10-18(30)11-22(19)32/h3-7,10-11,13,16,23,39H,8-9,12,14-15H2,1-2H3,(H,33,37)/t16-,23+,29-/m0/s1. The first-order valence-corrected chi connectivity index (χ1v) is 12.9. The fourth-order valence-electron chi connectivity index (χ4n) is 5.29. The summed E-state index contributed by atoms with van der Waals surface area (Å²) in [4.78, 5) is 42.1. The molecule has 3 atom stereocenters. The fraction of sp³-hybridized carbons (Fsp3) is 0.345. The molecule has 0 saturated carbocycles. The molecular formula is C29H28F3N3O5. The Morgan fingerprint density at radius 2 is 1.82 bits per heavy atom. The van der Waals surface area contributed by atoms with Gasteiger partial charge in [0.15, 0.2) is 11.4 Å². The number of carbonyl (C=O) groups excluding carboxylic acids is 2. The first-order valence-electron chi connectivity index (χ1n) is 12.9. The number of aromatic nitrogens is 1. The summed E-state index contributed by atoms with van der Waals surface area (Å²) in [6.45, 7) is 2.90. The zero-order chi connectivity index (χ0) is 28.8. The zero-order valence-corrected chi connectivity index (χ0v) is 21.9. The van der Waals surface area contributed by atoms with Gasteiger partial charge in [-0.2, -0.15) is 0 Å². The SMILES string of the molecule is C[C@H]1CC[C@](C)(O)[C@H]2CN1C(=O)c1c(OCc3ccccc3)c(=O)c(C(=O)NCc3c(F)cc(F)cc3F)cn12. The van der Waals surface area contributed by atoms with E-state index in [1.54, 1.807) is 36.1 Å². The molecule has 3 aromatic rings. The number of ether oxygens (including phenoxy) is 1. The van der Waals surface area contributed by atoms with Gasteiger partial charge in [-0.25, -0.2) is 13.2 Å². The van der Waals surface area contributed by atoms with Crippen molar-refractivity contribution in [3.8, 4) is 5.75 Å². The van der Waals surface area contributed by atoms with Crippen LogP contribution in [0.5, 0.6) is 5.75 Å². The van der Waals surface area contributed by atoms with Crippen LogP contribution in [0.4, 0.5) is 13.2 Å². The third-order valence-electron chi connectivity index (χ3n) is 7.68. The maximum atomic E-state index is 14.1. The lowest BCUT2D eigenvalue weighted by molar-refractivity contribution is -0.00856. The van der Waals surface area contributed by atoms with Gasteiger partial charge in [-0.15, -0.1) is 0 Å². The van der Waals surface area contributed by atoms with Crippen molar-refractivity contribution in [3.63, 3.8) is 0 Å². The fourth-order valence-corrected chi connectivity index (χ4v) is 5.29. The second-order valence-electron chi connectivity index (χ2n) is 10.5. The predicted octanol–water partition coefficient (Wildman–Crippen LogP) is 3.70. The van der Waals surface area contributed by atoms with Crippen LogP contribution in [0, 0.1) is 17.5 Å². The molecule has 0 radical (unpaired) electrons. The van der Waals surface area contributed by atoms with E-state index in [4.69, 9.17) is 4.74 Å². The number of fused-ring (bicyclic) bond motifs is 4. The first-order chi connectivity index (χ1) is 19.0. The third-order valence-corrected chi connectivity index (χ3v) is 7.68. The summed E-state index contributed by atoms with van der Waals surface area (Å²) in [5.41, 5.74) is -2.58. The van der Waals surface area contributed by atoms with Gasteiger partial charge in [-0.1, -0.05) is 30.3 Å². The van der Waals surface area contributed by atoms with Crippen molar-refractivity contribution < 1.29 is 32.6 Å². The molecule has 0 spiro atoms.